The van der Waals surface area contributed by atoms with E-state index in [1.165, 1.54) is 16.0 Å². The van der Waals surface area contributed by atoms with Gasteiger partial charge in [0.2, 0.25) is 5.95 Å². The summed E-state index contributed by atoms with van der Waals surface area (Å²) in [5.41, 5.74) is 2.37. The van der Waals surface area contributed by atoms with Crippen LogP contribution < -0.4 is 9.64 Å². The van der Waals surface area contributed by atoms with Crippen LogP contribution in [0, 0.1) is 6.92 Å². The molecule has 0 saturated heterocycles. The summed E-state index contributed by atoms with van der Waals surface area (Å²) in [4.78, 5) is 14.0. The number of fused-ring (bicyclic) bond motifs is 1. The van der Waals surface area contributed by atoms with E-state index in [2.05, 4.69) is 23.2 Å². The van der Waals surface area contributed by atoms with Crippen molar-refractivity contribution in [2.45, 2.75) is 25.9 Å². The largest absolute Gasteiger partial charge is 0.480 e. The summed E-state index contributed by atoms with van der Waals surface area (Å²) in [5, 5.41) is 7.74. The van der Waals surface area contributed by atoms with Gasteiger partial charge in [0.15, 0.2) is 6.10 Å². The third-order valence-corrected chi connectivity index (χ3v) is 3.75. The van der Waals surface area contributed by atoms with Crippen molar-refractivity contribution < 1.29 is 9.53 Å². The molecule has 1 aromatic heterocycles. The molecule has 0 fully saturated rings. The van der Waals surface area contributed by atoms with E-state index in [-0.39, 0.29) is 5.91 Å². The van der Waals surface area contributed by atoms with Crippen molar-refractivity contribution in [3.63, 3.8) is 0 Å². The fourth-order valence-electron chi connectivity index (χ4n) is 2.59. The number of hydrogen-bond acceptors (Lipinski definition) is 4. The first-order chi connectivity index (χ1) is 10.1. The molecule has 3 rings (SSSR count). The van der Waals surface area contributed by atoms with E-state index in [9.17, 15) is 4.79 Å². The first-order valence-electron chi connectivity index (χ1n) is 6.94. The van der Waals surface area contributed by atoms with Crippen LogP contribution in [-0.4, -0.2) is 33.8 Å². The number of amides is 1. The van der Waals surface area contributed by atoms with Crippen molar-refractivity contribution in [2.24, 2.45) is 7.05 Å². The van der Waals surface area contributed by atoms with Crippen LogP contribution in [0.25, 0.3) is 0 Å². The van der Waals surface area contributed by atoms with Crippen LogP contribution in [0.2, 0.25) is 0 Å². The molecule has 0 radical (unpaired) electrons. The number of carbonyl (C=O) groups excluding carboxylic acids is 1. The molecule has 6 nitrogen and oxygen atoms in total. The molecule has 2 aromatic rings. The lowest BCUT2D eigenvalue weighted by Crippen LogP contribution is -2.42. The van der Waals surface area contributed by atoms with Crippen LogP contribution in [0.4, 0.5) is 5.95 Å². The Kier molecular flexibility index (Phi) is 3.37. The highest BCUT2D eigenvalue weighted by Crippen LogP contribution is 2.29. The van der Waals surface area contributed by atoms with Gasteiger partial charge >= 0.3 is 0 Å². The number of aryl methyl sites for hydroxylation is 3. The number of rotatable bonds is 2. The summed E-state index contributed by atoms with van der Waals surface area (Å²) in [6, 6.07) is 6.05. The van der Waals surface area contributed by atoms with E-state index in [1.807, 2.05) is 12.1 Å². The Morgan fingerprint density at radius 2 is 2.29 bits per heavy atom. The van der Waals surface area contributed by atoms with Crippen LogP contribution >= 0.6 is 0 Å². The van der Waals surface area contributed by atoms with Crippen molar-refractivity contribution in [3.05, 3.63) is 35.7 Å². The Hall–Kier alpha value is -2.37. The second-order valence-electron chi connectivity index (χ2n) is 5.40. The SMILES string of the molecule is Cc1ccc2c(c1)CC[C@H](C(=O)N(C)c1nncn1C)O2. The van der Waals surface area contributed by atoms with E-state index in [4.69, 9.17) is 4.74 Å². The predicted molar refractivity (Wildman–Crippen MR) is 78.3 cm³/mol. The van der Waals surface area contributed by atoms with E-state index in [0.29, 0.717) is 12.4 Å². The van der Waals surface area contributed by atoms with Crippen LogP contribution in [0.3, 0.4) is 0 Å². The van der Waals surface area contributed by atoms with Gasteiger partial charge in [0.1, 0.15) is 12.1 Å². The molecule has 21 heavy (non-hydrogen) atoms. The van der Waals surface area contributed by atoms with Crippen LogP contribution in [0.15, 0.2) is 24.5 Å². The maximum Gasteiger partial charge on any atom is 0.270 e. The molecule has 1 atom stereocenters. The Bertz CT molecular complexity index is 680. The number of hydrogen-bond donors (Lipinski definition) is 0. The van der Waals surface area contributed by atoms with Crippen molar-refractivity contribution >= 4 is 11.9 Å². The zero-order valence-electron chi connectivity index (χ0n) is 12.4. The van der Waals surface area contributed by atoms with Crippen molar-refractivity contribution in [2.75, 3.05) is 11.9 Å². The molecular weight excluding hydrogens is 268 g/mol. The van der Waals surface area contributed by atoms with Crippen molar-refractivity contribution in [1.82, 2.24) is 14.8 Å². The number of carbonyl (C=O) groups is 1. The monoisotopic (exact) mass is 286 g/mol. The highest BCUT2D eigenvalue weighted by molar-refractivity contribution is 5.95. The normalized spacial score (nSPS) is 17.0. The molecule has 1 aliphatic heterocycles. The minimum absolute atomic E-state index is 0.0997. The van der Waals surface area contributed by atoms with Gasteiger partial charge in [-0.15, -0.1) is 10.2 Å². The molecule has 0 bridgehead atoms. The summed E-state index contributed by atoms with van der Waals surface area (Å²) in [6.07, 6.45) is 2.62. The standard InChI is InChI=1S/C15H18N4O2/c1-10-4-6-12-11(8-10)5-7-13(21-12)14(20)19(3)15-17-16-9-18(15)2/h4,6,8-9,13H,5,7H2,1-3H3/t13-/m1/s1. The smallest absolute Gasteiger partial charge is 0.270 e. The van der Waals surface area contributed by atoms with Crippen LogP contribution in [-0.2, 0) is 18.3 Å². The van der Waals surface area contributed by atoms with E-state index in [1.54, 1.807) is 25.0 Å². The van der Waals surface area contributed by atoms with Gasteiger partial charge in [-0.05, 0) is 31.4 Å². The Labute approximate surface area is 123 Å². The van der Waals surface area contributed by atoms with Gasteiger partial charge in [-0.25, -0.2) is 0 Å². The van der Waals surface area contributed by atoms with Crippen LogP contribution in [0.1, 0.15) is 17.5 Å². The van der Waals surface area contributed by atoms with Crippen molar-refractivity contribution in [1.29, 1.82) is 0 Å². The van der Waals surface area contributed by atoms with Crippen molar-refractivity contribution in [3.8, 4) is 5.75 Å². The molecule has 0 aliphatic carbocycles. The summed E-state index contributed by atoms with van der Waals surface area (Å²) in [6.45, 7) is 2.05. The zero-order valence-corrected chi connectivity index (χ0v) is 12.4. The maximum absolute atomic E-state index is 12.5. The Morgan fingerprint density at radius 3 is 3.00 bits per heavy atom. The second-order valence-corrected chi connectivity index (χ2v) is 5.40. The molecule has 0 unspecified atom stereocenters. The third kappa shape index (κ3) is 2.49. The van der Waals surface area contributed by atoms with Gasteiger partial charge in [-0.2, -0.15) is 0 Å². The highest BCUT2D eigenvalue weighted by atomic mass is 16.5. The fraction of sp³-hybridized carbons (Fsp3) is 0.400. The minimum Gasteiger partial charge on any atom is -0.480 e. The lowest BCUT2D eigenvalue weighted by atomic mass is 10.00. The van der Waals surface area contributed by atoms with Gasteiger partial charge in [-0.3, -0.25) is 9.69 Å². The average molecular weight is 286 g/mol. The van der Waals surface area contributed by atoms with Gasteiger partial charge in [0, 0.05) is 14.1 Å². The van der Waals surface area contributed by atoms with Gasteiger partial charge < -0.3 is 9.30 Å². The molecule has 6 heteroatoms. The molecule has 0 N–H and O–H groups in total. The van der Waals surface area contributed by atoms with Crippen LogP contribution in [0.5, 0.6) is 5.75 Å². The lowest BCUT2D eigenvalue weighted by Gasteiger charge is -2.28. The summed E-state index contributed by atoms with van der Waals surface area (Å²) in [7, 11) is 3.50. The Morgan fingerprint density at radius 1 is 1.48 bits per heavy atom. The maximum atomic E-state index is 12.5. The number of benzene rings is 1. The minimum atomic E-state index is -0.470. The molecule has 1 aliphatic rings. The van der Waals surface area contributed by atoms with E-state index in [0.717, 1.165) is 12.2 Å². The molecule has 110 valence electrons. The first-order valence-corrected chi connectivity index (χ1v) is 6.94. The molecule has 0 spiro atoms. The van der Waals surface area contributed by atoms with E-state index >= 15 is 0 Å². The Balaban J connectivity index is 1.78. The number of ether oxygens (including phenoxy) is 1. The molecular formula is C15H18N4O2. The predicted octanol–water partition coefficient (Wildman–Crippen LogP) is 1.48. The quantitative estimate of drug-likeness (QED) is 0.839. The summed E-state index contributed by atoms with van der Waals surface area (Å²) in [5.74, 6) is 1.21. The summed E-state index contributed by atoms with van der Waals surface area (Å²) >= 11 is 0. The summed E-state index contributed by atoms with van der Waals surface area (Å²) < 4.78 is 7.57. The average Bonchev–Trinajstić information content (AvgIpc) is 2.91. The molecule has 0 saturated carbocycles. The van der Waals surface area contributed by atoms with Gasteiger partial charge in [0.25, 0.3) is 5.91 Å². The molecule has 1 amide bonds. The van der Waals surface area contributed by atoms with Gasteiger partial charge in [-0.1, -0.05) is 17.7 Å². The zero-order chi connectivity index (χ0) is 15.0. The topological polar surface area (TPSA) is 60.2 Å². The fourth-order valence-corrected chi connectivity index (χ4v) is 2.59. The second kappa shape index (κ2) is 5.20. The molecule has 2 heterocycles. The third-order valence-electron chi connectivity index (χ3n) is 3.75. The first kappa shape index (κ1) is 13.6. The van der Waals surface area contributed by atoms with E-state index < -0.39 is 6.10 Å². The lowest BCUT2D eigenvalue weighted by molar-refractivity contribution is -0.125. The number of aromatic nitrogens is 3. The number of nitrogens with zero attached hydrogens (tertiary/aromatic N) is 4. The van der Waals surface area contributed by atoms with Gasteiger partial charge in [0.05, 0.1) is 0 Å². The highest BCUT2D eigenvalue weighted by Gasteiger charge is 2.30. The molecule has 1 aromatic carbocycles. The number of anilines is 1. The number of likely N-dealkylation sites (N-methyl/N-ethyl adjacent to an activating group) is 1.